The van der Waals surface area contributed by atoms with E-state index < -0.39 is 0 Å². The molecule has 0 aliphatic rings. The van der Waals surface area contributed by atoms with Crippen molar-refractivity contribution in [3.63, 3.8) is 0 Å². The van der Waals surface area contributed by atoms with Crippen LogP contribution in [0.15, 0.2) is 18.2 Å². The van der Waals surface area contributed by atoms with Gasteiger partial charge in [0.15, 0.2) is 0 Å². The van der Waals surface area contributed by atoms with Crippen LogP contribution in [0.3, 0.4) is 0 Å². The Morgan fingerprint density at radius 2 is 2.20 bits per heavy atom. The zero-order valence-corrected chi connectivity index (χ0v) is 11.1. The maximum atomic E-state index is 6.05. The Morgan fingerprint density at radius 3 is 2.80 bits per heavy atom. The minimum atomic E-state index is 0.658. The monoisotopic (exact) mass is 243 g/mol. The average molecular weight is 244 g/mol. The summed E-state index contributed by atoms with van der Waals surface area (Å²) in [5, 5.41) is 4.93. The van der Waals surface area contributed by atoms with E-state index in [9.17, 15) is 0 Å². The van der Waals surface area contributed by atoms with E-state index in [1.54, 1.807) is 0 Å². The van der Waals surface area contributed by atoms with Gasteiger partial charge in [-0.2, -0.15) is 11.8 Å². The SMILES string of the molecule is CSC(C)CNCc1ccc(C)c(Cl)c1. The molecule has 1 unspecified atom stereocenters. The van der Waals surface area contributed by atoms with Crippen LogP contribution >= 0.6 is 23.4 Å². The van der Waals surface area contributed by atoms with Crippen molar-refractivity contribution in [1.29, 1.82) is 0 Å². The van der Waals surface area contributed by atoms with E-state index >= 15 is 0 Å². The second kappa shape index (κ2) is 6.41. The third kappa shape index (κ3) is 4.45. The molecule has 1 aromatic rings. The molecule has 0 saturated heterocycles. The highest BCUT2D eigenvalue weighted by atomic mass is 35.5. The van der Waals surface area contributed by atoms with E-state index in [1.165, 1.54) is 5.56 Å². The summed E-state index contributed by atoms with van der Waals surface area (Å²) in [6, 6.07) is 6.23. The molecule has 0 aliphatic heterocycles. The first-order chi connectivity index (χ1) is 7.13. The van der Waals surface area contributed by atoms with Gasteiger partial charge in [-0.25, -0.2) is 0 Å². The average Bonchev–Trinajstić information content (AvgIpc) is 2.23. The van der Waals surface area contributed by atoms with Crippen molar-refractivity contribution in [2.24, 2.45) is 0 Å². The quantitative estimate of drug-likeness (QED) is 0.850. The number of thioether (sulfide) groups is 1. The summed E-state index contributed by atoms with van der Waals surface area (Å²) in [7, 11) is 0. The van der Waals surface area contributed by atoms with Gasteiger partial charge in [0.05, 0.1) is 0 Å². The summed E-state index contributed by atoms with van der Waals surface area (Å²) in [5.41, 5.74) is 2.39. The molecule has 3 heteroatoms. The molecule has 1 rings (SSSR count). The molecule has 0 fully saturated rings. The topological polar surface area (TPSA) is 12.0 Å². The normalized spacial score (nSPS) is 12.8. The second-order valence-corrected chi connectivity index (χ2v) is 5.44. The number of nitrogens with one attached hydrogen (secondary N) is 1. The van der Waals surface area contributed by atoms with Crippen molar-refractivity contribution in [1.82, 2.24) is 5.32 Å². The van der Waals surface area contributed by atoms with Gasteiger partial charge in [-0.15, -0.1) is 0 Å². The number of hydrogen-bond donors (Lipinski definition) is 1. The molecule has 0 amide bonds. The Morgan fingerprint density at radius 1 is 1.47 bits per heavy atom. The molecule has 1 aromatic carbocycles. The van der Waals surface area contributed by atoms with Crippen LogP contribution < -0.4 is 5.32 Å². The van der Waals surface area contributed by atoms with Crippen molar-refractivity contribution >= 4 is 23.4 Å². The van der Waals surface area contributed by atoms with Crippen molar-refractivity contribution < 1.29 is 0 Å². The number of aryl methyl sites for hydroxylation is 1. The molecule has 1 atom stereocenters. The highest BCUT2D eigenvalue weighted by Crippen LogP contribution is 2.16. The molecular formula is C12H18ClNS. The standard InChI is InChI=1S/C12H18ClNS/c1-9-4-5-11(6-12(9)13)8-14-7-10(2)15-3/h4-6,10,14H,7-8H2,1-3H3. The van der Waals surface area contributed by atoms with Gasteiger partial charge in [0.2, 0.25) is 0 Å². The summed E-state index contributed by atoms with van der Waals surface area (Å²) in [4.78, 5) is 0. The molecular weight excluding hydrogens is 226 g/mol. The van der Waals surface area contributed by atoms with Crippen molar-refractivity contribution in [2.45, 2.75) is 25.6 Å². The number of benzene rings is 1. The van der Waals surface area contributed by atoms with Crippen LogP contribution in [0, 0.1) is 6.92 Å². The number of rotatable bonds is 5. The summed E-state index contributed by atoms with van der Waals surface area (Å²) in [6.07, 6.45) is 2.13. The highest BCUT2D eigenvalue weighted by molar-refractivity contribution is 7.99. The second-order valence-electron chi connectivity index (χ2n) is 3.76. The minimum absolute atomic E-state index is 0.658. The van der Waals surface area contributed by atoms with Crippen LogP contribution in [0.25, 0.3) is 0 Å². The molecule has 0 heterocycles. The van der Waals surface area contributed by atoms with Gasteiger partial charge in [-0.05, 0) is 30.4 Å². The van der Waals surface area contributed by atoms with E-state index in [0.29, 0.717) is 5.25 Å². The third-order valence-electron chi connectivity index (χ3n) is 2.40. The van der Waals surface area contributed by atoms with Gasteiger partial charge in [-0.3, -0.25) is 0 Å². The molecule has 84 valence electrons. The third-order valence-corrected chi connectivity index (χ3v) is 3.78. The minimum Gasteiger partial charge on any atom is -0.312 e. The molecule has 0 saturated carbocycles. The maximum Gasteiger partial charge on any atom is 0.0438 e. The number of hydrogen-bond acceptors (Lipinski definition) is 2. The van der Waals surface area contributed by atoms with Crippen molar-refractivity contribution in [3.8, 4) is 0 Å². The van der Waals surface area contributed by atoms with Gasteiger partial charge >= 0.3 is 0 Å². The van der Waals surface area contributed by atoms with E-state index in [-0.39, 0.29) is 0 Å². The Kier molecular flexibility index (Phi) is 5.51. The Bertz CT molecular complexity index is 314. The highest BCUT2D eigenvalue weighted by Gasteiger charge is 2.00. The van der Waals surface area contributed by atoms with Crippen LogP contribution in [-0.2, 0) is 6.54 Å². The van der Waals surface area contributed by atoms with Crippen LogP contribution in [-0.4, -0.2) is 18.1 Å². The zero-order chi connectivity index (χ0) is 11.3. The van der Waals surface area contributed by atoms with Crippen LogP contribution in [0.2, 0.25) is 5.02 Å². The van der Waals surface area contributed by atoms with Gasteiger partial charge in [0.25, 0.3) is 0 Å². The molecule has 0 radical (unpaired) electrons. The van der Waals surface area contributed by atoms with Gasteiger partial charge in [0, 0.05) is 23.4 Å². The van der Waals surface area contributed by atoms with E-state index in [1.807, 2.05) is 24.8 Å². The van der Waals surface area contributed by atoms with Crippen LogP contribution in [0.5, 0.6) is 0 Å². The first-order valence-corrected chi connectivity index (χ1v) is 6.78. The maximum absolute atomic E-state index is 6.05. The van der Waals surface area contributed by atoms with Gasteiger partial charge in [0.1, 0.15) is 0 Å². The van der Waals surface area contributed by atoms with Crippen molar-refractivity contribution in [2.75, 3.05) is 12.8 Å². The Balaban J connectivity index is 2.41. The van der Waals surface area contributed by atoms with Gasteiger partial charge in [-0.1, -0.05) is 30.7 Å². The van der Waals surface area contributed by atoms with E-state index in [2.05, 4.69) is 30.6 Å². The molecule has 0 aromatic heterocycles. The first-order valence-electron chi connectivity index (χ1n) is 5.12. The Labute approximate surface area is 102 Å². The lowest BCUT2D eigenvalue weighted by Crippen LogP contribution is -2.21. The molecule has 15 heavy (non-hydrogen) atoms. The molecule has 1 nitrogen and oxygen atoms in total. The first kappa shape index (κ1) is 12.9. The predicted molar refractivity (Wildman–Crippen MR) is 70.9 cm³/mol. The summed E-state index contributed by atoms with van der Waals surface area (Å²) in [5.74, 6) is 0. The molecule has 1 N–H and O–H groups in total. The van der Waals surface area contributed by atoms with Crippen molar-refractivity contribution in [3.05, 3.63) is 34.3 Å². The summed E-state index contributed by atoms with van der Waals surface area (Å²) in [6.45, 7) is 6.17. The fourth-order valence-electron chi connectivity index (χ4n) is 1.25. The lowest BCUT2D eigenvalue weighted by Gasteiger charge is -2.10. The summed E-state index contributed by atoms with van der Waals surface area (Å²) >= 11 is 7.93. The smallest absolute Gasteiger partial charge is 0.0438 e. The van der Waals surface area contributed by atoms with E-state index in [4.69, 9.17) is 11.6 Å². The summed E-state index contributed by atoms with van der Waals surface area (Å²) < 4.78 is 0. The molecule has 0 spiro atoms. The van der Waals surface area contributed by atoms with Gasteiger partial charge < -0.3 is 5.32 Å². The predicted octanol–water partition coefficient (Wildman–Crippen LogP) is 3.49. The fourth-order valence-corrected chi connectivity index (χ4v) is 1.74. The lowest BCUT2D eigenvalue weighted by atomic mass is 10.1. The fraction of sp³-hybridized carbons (Fsp3) is 0.500. The molecule has 0 bridgehead atoms. The van der Waals surface area contributed by atoms with E-state index in [0.717, 1.165) is 23.7 Å². The lowest BCUT2D eigenvalue weighted by molar-refractivity contribution is 0.684. The number of halogens is 1. The molecule has 0 aliphatic carbocycles. The van der Waals surface area contributed by atoms with Crippen LogP contribution in [0.4, 0.5) is 0 Å². The largest absolute Gasteiger partial charge is 0.312 e. The van der Waals surface area contributed by atoms with Crippen LogP contribution in [0.1, 0.15) is 18.1 Å². The zero-order valence-electron chi connectivity index (χ0n) is 9.51. The Hall–Kier alpha value is -0.180.